The van der Waals surface area contributed by atoms with Crippen molar-refractivity contribution < 1.29 is 4.52 Å². The predicted octanol–water partition coefficient (Wildman–Crippen LogP) is 2.73. The molecule has 0 atom stereocenters. The van der Waals surface area contributed by atoms with Gasteiger partial charge in [-0.15, -0.1) is 0 Å². The summed E-state index contributed by atoms with van der Waals surface area (Å²) in [4.78, 5) is 9.75. The fourth-order valence-electron chi connectivity index (χ4n) is 3.92. The fourth-order valence-corrected chi connectivity index (χ4v) is 3.92. The van der Waals surface area contributed by atoms with Gasteiger partial charge >= 0.3 is 0 Å². The Labute approximate surface area is 151 Å². The van der Waals surface area contributed by atoms with E-state index in [1.54, 1.807) is 6.26 Å². The number of hydrogen-bond donors (Lipinski definition) is 1. The number of aromatic nitrogens is 1. The van der Waals surface area contributed by atoms with E-state index in [-0.39, 0.29) is 0 Å². The third kappa shape index (κ3) is 5.73. The maximum atomic E-state index is 4.93. The molecular weight excluding hydrogens is 314 g/mol. The standard InChI is InChI=1S/C19H33N5O/c1-2-20-19(21-10-8-17-6-4-3-5-7-17)24-13-11-23(12-14-24)16-18-9-15-25-22-18/h9,15,17H,2-8,10-14,16H2,1H3,(H,20,21). The van der Waals surface area contributed by atoms with Crippen LogP contribution < -0.4 is 5.32 Å². The quantitative estimate of drug-likeness (QED) is 0.633. The van der Waals surface area contributed by atoms with Crippen molar-refractivity contribution in [3.8, 4) is 0 Å². The van der Waals surface area contributed by atoms with Gasteiger partial charge in [0.25, 0.3) is 0 Å². The van der Waals surface area contributed by atoms with Gasteiger partial charge in [-0.05, 0) is 19.3 Å². The predicted molar refractivity (Wildman–Crippen MR) is 101 cm³/mol. The lowest BCUT2D eigenvalue weighted by atomic mass is 9.87. The first-order valence-corrected chi connectivity index (χ1v) is 10.00. The Balaban J connectivity index is 1.44. The average molecular weight is 348 g/mol. The maximum absolute atomic E-state index is 4.93. The first-order chi connectivity index (χ1) is 12.3. The maximum Gasteiger partial charge on any atom is 0.194 e. The van der Waals surface area contributed by atoms with E-state index in [1.165, 1.54) is 38.5 Å². The Morgan fingerprint density at radius 1 is 1.24 bits per heavy atom. The molecule has 0 bridgehead atoms. The fraction of sp³-hybridized carbons (Fsp3) is 0.789. The number of aliphatic imine (C=N–C) groups is 1. The minimum absolute atomic E-state index is 0.875. The SMILES string of the molecule is CCNC(=NCCC1CCCCC1)N1CCN(Cc2ccon2)CC1. The molecule has 0 radical (unpaired) electrons. The first-order valence-electron chi connectivity index (χ1n) is 10.00. The summed E-state index contributed by atoms with van der Waals surface area (Å²) in [5.74, 6) is 2.00. The Morgan fingerprint density at radius 2 is 2.04 bits per heavy atom. The van der Waals surface area contributed by atoms with Crippen molar-refractivity contribution in [3.05, 3.63) is 18.0 Å². The summed E-state index contributed by atoms with van der Waals surface area (Å²) in [6.07, 6.45) is 9.99. The third-order valence-corrected chi connectivity index (χ3v) is 5.41. The van der Waals surface area contributed by atoms with Crippen LogP contribution in [0.2, 0.25) is 0 Å². The van der Waals surface area contributed by atoms with E-state index in [9.17, 15) is 0 Å². The highest BCUT2D eigenvalue weighted by atomic mass is 16.5. The van der Waals surface area contributed by atoms with Crippen LogP contribution in [-0.2, 0) is 6.54 Å². The van der Waals surface area contributed by atoms with Gasteiger partial charge in [0.15, 0.2) is 5.96 Å². The summed E-state index contributed by atoms with van der Waals surface area (Å²) < 4.78 is 4.93. The highest BCUT2D eigenvalue weighted by Crippen LogP contribution is 2.26. The van der Waals surface area contributed by atoms with E-state index >= 15 is 0 Å². The largest absolute Gasteiger partial charge is 0.364 e. The van der Waals surface area contributed by atoms with E-state index in [1.807, 2.05) is 6.07 Å². The van der Waals surface area contributed by atoms with Crippen LogP contribution >= 0.6 is 0 Å². The van der Waals surface area contributed by atoms with E-state index < -0.39 is 0 Å². The number of rotatable bonds is 6. The molecule has 1 N–H and O–H groups in total. The second kappa shape index (κ2) is 9.80. The Bertz CT molecular complexity index is 502. The molecule has 2 aliphatic rings. The molecular formula is C19H33N5O. The summed E-state index contributed by atoms with van der Waals surface area (Å²) >= 11 is 0. The molecule has 2 fully saturated rings. The molecule has 0 aromatic carbocycles. The first kappa shape index (κ1) is 18.2. The van der Waals surface area contributed by atoms with Crippen molar-refractivity contribution in [2.45, 2.75) is 52.0 Å². The molecule has 2 heterocycles. The number of nitrogens with zero attached hydrogens (tertiary/aromatic N) is 4. The molecule has 3 rings (SSSR count). The third-order valence-electron chi connectivity index (χ3n) is 5.41. The van der Waals surface area contributed by atoms with Gasteiger partial charge in [-0.3, -0.25) is 9.89 Å². The molecule has 1 aliphatic heterocycles. The number of hydrogen-bond acceptors (Lipinski definition) is 4. The molecule has 6 nitrogen and oxygen atoms in total. The van der Waals surface area contributed by atoms with Crippen LogP contribution in [0.5, 0.6) is 0 Å². The molecule has 0 unspecified atom stereocenters. The molecule has 6 heteroatoms. The Hall–Kier alpha value is -1.56. The van der Waals surface area contributed by atoms with Gasteiger partial charge in [-0.1, -0.05) is 37.3 Å². The van der Waals surface area contributed by atoms with E-state index in [4.69, 9.17) is 9.52 Å². The zero-order chi connectivity index (χ0) is 17.3. The molecule has 140 valence electrons. The Kier molecular flexibility index (Phi) is 7.15. The Morgan fingerprint density at radius 3 is 2.72 bits per heavy atom. The molecule has 1 aromatic rings. The summed E-state index contributed by atoms with van der Waals surface area (Å²) in [5.41, 5.74) is 1.02. The van der Waals surface area contributed by atoms with Crippen molar-refractivity contribution in [2.75, 3.05) is 39.3 Å². The van der Waals surface area contributed by atoms with Gasteiger partial charge in [0.2, 0.25) is 0 Å². The van der Waals surface area contributed by atoms with Crippen LogP contribution in [0.3, 0.4) is 0 Å². The summed E-state index contributed by atoms with van der Waals surface area (Å²) in [6, 6.07) is 1.95. The van der Waals surface area contributed by atoms with E-state index in [0.29, 0.717) is 0 Å². The topological polar surface area (TPSA) is 56.9 Å². The summed E-state index contributed by atoms with van der Waals surface area (Å²) in [6.45, 7) is 9.05. The second-order valence-electron chi connectivity index (χ2n) is 7.28. The number of guanidine groups is 1. The van der Waals surface area contributed by atoms with Gasteiger partial charge in [-0.25, -0.2) is 0 Å². The lowest BCUT2D eigenvalue weighted by molar-refractivity contribution is 0.169. The van der Waals surface area contributed by atoms with E-state index in [2.05, 4.69) is 27.2 Å². The number of piperazine rings is 1. The smallest absolute Gasteiger partial charge is 0.194 e. The molecule has 0 amide bonds. The van der Waals surface area contributed by atoms with Crippen molar-refractivity contribution in [1.82, 2.24) is 20.3 Å². The van der Waals surface area contributed by atoms with Crippen LogP contribution in [0.15, 0.2) is 21.8 Å². The van der Waals surface area contributed by atoms with Crippen LogP contribution in [0.1, 0.15) is 51.1 Å². The minimum Gasteiger partial charge on any atom is -0.364 e. The molecule has 1 saturated heterocycles. The number of nitrogens with one attached hydrogen (secondary N) is 1. The van der Waals surface area contributed by atoms with Crippen LogP contribution in [0.25, 0.3) is 0 Å². The molecule has 0 spiro atoms. The molecule has 1 aliphatic carbocycles. The second-order valence-corrected chi connectivity index (χ2v) is 7.28. The van der Waals surface area contributed by atoms with Crippen LogP contribution in [-0.4, -0.2) is 60.2 Å². The monoisotopic (exact) mass is 347 g/mol. The van der Waals surface area contributed by atoms with E-state index in [0.717, 1.165) is 63.4 Å². The van der Waals surface area contributed by atoms with Crippen molar-refractivity contribution in [3.63, 3.8) is 0 Å². The highest BCUT2D eigenvalue weighted by molar-refractivity contribution is 5.80. The summed E-state index contributed by atoms with van der Waals surface area (Å²) in [7, 11) is 0. The summed E-state index contributed by atoms with van der Waals surface area (Å²) in [5, 5.41) is 7.49. The van der Waals surface area contributed by atoms with Crippen molar-refractivity contribution >= 4 is 5.96 Å². The van der Waals surface area contributed by atoms with Crippen molar-refractivity contribution in [1.29, 1.82) is 0 Å². The van der Waals surface area contributed by atoms with Gasteiger partial charge in [0, 0.05) is 51.9 Å². The minimum atomic E-state index is 0.875. The molecule has 1 aromatic heterocycles. The molecule has 25 heavy (non-hydrogen) atoms. The normalized spacial score (nSPS) is 20.8. The lowest BCUT2D eigenvalue weighted by Crippen LogP contribution is -2.52. The van der Waals surface area contributed by atoms with Crippen LogP contribution in [0, 0.1) is 5.92 Å². The van der Waals surface area contributed by atoms with Crippen molar-refractivity contribution in [2.24, 2.45) is 10.9 Å². The highest BCUT2D eigenvalue weighted by Gasteiger charge is 2.20. The lowest BCUT2D eigenvalue weighted by Gasteiger charge is -2.36. The van der Waals surface area contributed by atoms with Gasteiger partial charge in [0.05, 0.1) is 5.69 Å². The zero-order valence-corrected chi connectivity index (χ0v) is 15.6. The van der Waals surface area contributed by atoms with Gasteiger partial charge in [-0.2, -0.15) is 0 Å². The van der Waals surface area contributed by atoms with Crippen LogP contribution in [0.4, 0.5) is 0 Å². The van der Waals surface area contributed by atoms with Gasteiger partial charge < -0.3 is 14.7 Å². The average Bonchev–Trinajstić information content (AvgIpc) is 3.16. The zero-order valence-electron chi connectivity index (χ0n) is 15.6. The van der Waals surface area contributed by atoms with Gasteiger partial charge in [0.1, 0.15) is 6.26 Å². The molecule has 1 saturated carbocycles.